The van der Waals surface area contributed by atoms with E-state index in [1.54, 1.807) is 19.1 Å². The lowest BCUT2D eigenvalue weighted by Gasteiger charge is -2.11. The first-order valence-electron chi connectivity index (χ1n) is 6.10. The number of aryl methyl sites for hydroxylation is 1. The van der Waals surface area contributed by atoms with Gasteiger partial charge in [0, 0.05) is 0 Å². The second-order valence-electron chi connectivity index (χ2n) is 4.46. The molecule has 108 valence electrons. The van der Waals surface area contributed by atoms with E-state index in [0.29, 0.717) is 5.56 Å². The summed E-state index contributed by atoms with van der Waals surface area (Å²) in [6, 6.07) is 8.56. The summed E-state index contributed by atoms with van der Waals surface area (Å²) in [5, 5.41) is 11.6. The zero-order chi connectivity index (χ0) is 15.6. The predicted molar refractivity (Wildman–Crippen MR) is 76.9 cm³/mol. The first-order chi connectivity index (χ1) is 9.91. The van der Waals surface area contributed by atoms with Crippen molar-refractivity contribution in [1.29, 1.82) is 0 Å². The number of nitrogens with two attached hydrogens (primary N) is 1. The molecule has 2 rings (SSSR count). The molecule has 2 aromatic carbocycles. The van der Waals surface area contributed by atoms with Gasteiger partial charge in [-0.2, -0.15) is 0 Å². The van der Waals surface area contributed by atoms with Crippen LogP contribution >= 0.6 is 0 Å². The lowest BCUT2D eigenvalue weighted by Crippen LogP contribution is -2.17. The number of carboxylic acid groups (broad SMARTS) is 1. The number of hydrogen-bond acceptors (Lipinski definition) is 3. The number of rotatable bonds is 3. The molecule has 0 aliphatic rings. The Hall–Kier alpha value is -2.89. The minimum absolute atomic E-state index is 0.0131. The van der Waals surface area contributed by atoms with Gasteiger partial charge in [0.25, 0.3) is 5.91 Å². The van der Waals surface area contributed by atoms with Gasteiger partial charge < -0.3 is 16.2 Å². The number of para-hydroxylation sites is 1. The second-order valence-corrected chi connectivity index (χ2v) is 4.46. The van der Waals surface area contributed by atoms with E-state index in [0.717, 1.165) is 6.07 Å². The number of hydrogen-bond donors (Lipinski definition) is 3. The van der Waals surface area contributed by atoms with Crippen molar-refractivity contribution in [1.82, 2.24) is 0 Å². The Bertz CT molecular complexity index is 729. The fourth-order valence-electron chi connectivity index (χ4n) is 1.98. The van der Waals surface area contributed by atoms with Gasteiger partial charge in [0.1, 0.15) is 5.82 Å². The fraction of sp³-hybridized carbons (Fsp3) is 0.0667. The number of carboxylic acids is 1. The quantitative estimate of drug-likeness (QED) is 0.757. The molecule has 0 unspecified atom stereocenters. The molecule has 4 N–H and O–H groups in total. The van der Waals surface area contributed by atoms with Gasteiger partial charge in [-0.3, -0.25) is 4.79 Å². The van der Waals surface area contributed by atoms with Crippen LogP contribution in [-0.4, -0.2) is 17.0 Å². The Balaban J connectivity index is 2.39. The fourth-order valence-corrected chi connectivity index (χ4v) is 1.98. The van der Waals surface area contributed by atoms with Crippen LogP contribution in [-0.2, 0) is 0 Å². The number of amides is 1. The molecule has 0 spiro atoms. The summed E-state index contributed by atoms with van der Waals surface area (Å²) in [7, 11) is 0. The maximum Gasteiger partial charge on any atom is 0.338 e. The van der Waals surface area contributed by atoms with Crippen molar-refractivity contribution in [3.63, 3.8) is 0 Å². The van der Waals surface area contributed by atoms with Crippen LogP contribution in [0.15, 0.2) is 36.4 Å². The molecule has 0 fully saturated rings. The van der Waals surface area contributed by atoms with Gasteiger partial charge in [0.05, 0.1) is 22.5 Å². The third-order valence-corrected chi connectivity index (χ3v) is 3.03. The number of nitrogen functional groups attached to an aromatic ring is 1. The van der Waals surface area contributed by atoms with Gasteiger partial charge in [-0.15, -0.1) is 0 Å². The predicted octanol–water partition coefficient (Wildman–Crippen LogP) is 2.67. The zero-order valence-corrected chi connectivity index (χ0v) is 11.2. The third kappa shape index (κ3) is 2.84. The monoisotopic (exact) mass is 288 g/mol. The van der Waals surface area contributed by atoms with Crippen LogP contribution in [0.5, 0.6) is 0 Å². The molecule has 0 aliphatic carbocycles. The molecule has 0 radical (unpaired) electrons. The number of anilines is 2. The van der Waals surface area contributed by atoms with E-state index in [1.165, 1.54) is 18.2 Å². The first-order valence-corrected chi connectivity index (χ1v) is 6.10. The maximum atomic E-state index is 13.4. The van der Waals surface area contributed by atoms with Crippen LogP contribution in [0.25, 0.3) is 0 Å². The van der Waals surface area contributed by atoms with Gasteiger partial charge >= 0.3 is 5.97 Å². The van der Waals surface area contributed by atoms with Gasteiger partial charge in [-0.05, 0) is 30.7 Å². The van der Waals surface area contributed by atoms with Crippen molar-refractivity contribution < 1.29 is 19.1 Å². The molecule has 5 nitrogen and oxygen atoms in total. The SMILES string of the molecule is Cc1cccc(NC(=O)c2cccc(F)c2N)c1C(=O)O. The maximum absolute atomic E-state index is 13.4. The van der Waals surface area contributed by atoms with Crippen LogP contribution in [0.3, 0.4) is 0 Å². The largest absolute Gasteiger partial charge is 0.478 e. The molecule has 6 heteroatoms. The molecule has 0 saturated carbocycles. The van der Waals surface area contributed by atoms with E-state index >= 15 is 0 Å². The normalized spacial score (nSPS) is 10.2. The highest BCUT2D eigenvalue weighted by atomic mass is 19.1. The number of carbonyl (C=O) groups excluding carboxylic acids is 1. The Morgan fingerprint density at radius 1 is 1.19 bits per heavy atom. The van der Waals surface area contributed by atoms with Crippen LogP contribution < -0.4 is 11.1 Å². The van der Waals surface area contributed by atoms with Crippen molar-refractivity contribution in [3.05, 3.63) is 58.9 Å². The topological polar surface area (TPSA) is 92.4 Å². The van der Waals surface area contributed by atoms with Crippen molar-refractivity contribution in [2.75, 3.05) is 11.1 Å². The lowest BCUT2D eigenvalue weighted by molar-refractivity contribution is 0.0697. The molecular weight excluding hydrogens is 275 g/mol. The molecule has 2 aromatic rings. The minimum atomic E-state index is -1.16. The summed E-state index contributed by atoms with van der Waals surface area (Å²) in [6.07, 6.45) is 0. The number of nitrogens with one attached hydrogen (secondary N) is 1. The number of halogens is 1. The standard InChI is InChI=1S/C15H13FN2O3/c1-8-4-2-7-11(12(8)15(20)21)18-14(19)9-5-3-6-10(16)13(9)17/h2-7H,17H2,1H3,(H,18,19)(H,20,21). The van der Waals surface area contributed by atoms with Crippen LogP contribution in [0.4, 0.5) is 15.8 Å². The first kappa shape index (κ1) is 14.5. The van der Waals surface area contributed by atoms with E-state index in [9.17, 15) is 19.1 Å². The van der Waals surface area contributed by atoms with Crippen LogP contribution in [0, 0.1) is 12.7 Å². The molecule has 21 heavy (non-hydrogen) atoms. The zero-order valence-electron chi connectivity index (χ0n) is 11.2. The van der Waals surface area contributed by atoms with E-state index in [2.05, 4.69) is 5.32 Å². The average Bonchev–Trinajstić information content (AvgIpc) is 2.41. The Morgan fingerprint density at radius 2 is 1.86 bits per heavy atom. The lowest BCUT2D eigenvalue weighted by atomic mass is 10.1. The van der Waals surface area contributed by atoms with Crippen molar-refractivity contribution in [2.24, 2.45) is 0 Å². The summed E-state index contributed by atoms with van der Waals surface area (Å²) >= 11 is 0. The summed E-state index contributed by atoms with van der Waals surface area (Å²) in [5.41, 5.74) is 5.82. The smallest absolute Gasteiger partial charge is 0.338 e. The minimum Gasteiger partial charge on any atom is -0.478 e. The van der Waals surface area contributed by atoms with Gasteiger partial charge in [-0.1, -0.05) is 18.2 Å². The molecule has 0 aromatic heterocycles. The molecule has 0 atom stereocenters. The number of benzene rings is 2. The van der Waals surface area contributed by atoms with E-state index in [4.69, 9.17) is 5.73 Å². The number of aromatic carboxylic acids is 1. The Kier molecular flexibility index (Phi) is 3.89. The van der Waals surface area contributed by atoms with E-state index in [1.807, 2.05) is 0 Å². The van der Waals surface area contributed by atoms with E-state index < -0.39 is 17.7 Å². The van der Waals surface area contributed by atoms with Crippen LogP contribution in [0.1, 0.15) is 26.3 Å². The van der Waals surface area contributed by atoms with Crippen molar-refractivity contribution >= 4 is 23.3 Å². The van der Waals surface area contributed by atoms with Crippen molar-refractivity contribution in [3.8, 4) is 0 Å². The Morgan fingerprint density at radius 3 is 2.52 bits per heavy atom. The summed E-state index contributed by atoms with van der Waals surface area (Å²) in [4.78, 5) is 23.4. The third-order valence-electron chi connectivity index (χ3n) is 3.03. The molecule has 0 aliphatic heterocycles. The average molecular weight is 288 g/mol. The van der Waals surface area contributed by atoms with E-state index in [-0.39, 0.29) is 22.5 Å². The highest BCUT2D eigenvalue weighted by molar-refractivity contribution is 6.10. The summed E-state index contributed by atoms with van der Waals surface area (Å²) in [6.45, 7) is 1.62. The molecular formula is C15H13FN2O3. The summed E-state index contributed by atoms with van der Waals surface area (Å²) in [5.74, 6) is -2.53. The molecule has 0 bridgehead atoms. The highest BCUT2D eigenvalue weighted by Gasteiger charge is 2.17. The molecule has 1 amide bonds. The van der Waals surface area contributed by atoms with Gasteiger partial charge in [0.2, 0.25) is 0 Å². The molecule has 0 heterocycles. The second kappa shape index (κ2) is 5.62. The Labute approximate surface area is 120 Å². The number of carbonyl (C=O) groups is 2. The summed E-state index contributed by atoms with van der Waals surface area (Å²) < 4.78 is 13.4. The van der Waals surface area contributed by atoms with Gasteiger partial charge in [-0.25, -0.2) is 9.18 Å². The van der Waals surface area contributed by atoms with Gasteiger partial charge in [0.15, 0.2) is 0 Å². The van der Waals surface area contributed by atoms with Crippen molar-refractivity contribution in [2.45, 2.75) is 6.92 Å². The highest BCUT2D eigenvalue weighted by Crippen LogP contribution is 2.22. The molecule has 0 saturated heterocycles. The van der Waals surface area contributed by atoms with Crippen LogP contribution in [0.2, 0.25) is 0 Å².